The molecule has 0 bridgehead atoms. The minimum absolute atomic E-state index is 0.575. The maximum Gasteiger partial charge on any atom is 0.117 e. The lowest BCUT2D eigenvalue weighted by atomic mass is 10.1. The van der Waals surface area contributed by atoms with Crippen molar-refractivity contribution in [3.8, 4) is 16.9 Å². The lowest BCUT2D eigenvalue weighted by Gasteiger charge is -2.03. The molecule has 0 spiro atoms. The zero-order chi connectivity index (χ0) is 14.1. The van der Waals surface area contributed by atoms with Crippen molar-refractivity contribution in [2.75, 3.05) is 5.73 Å². The van der Waals surface area contributed by atoms with Crippen molar-refractivity contribution in [2.45, 2.75) is 0 Å². The van der Waals surface area contributed by atoms with Gasteiger partial charge in [0, 0.05) is 22.4 Å². The monoisotopic (exact) mass is 348 g/mol. The van der Waals surface area contributed by atoms with Crippen LogP contribution in [0.2, 0.25) is 5.02 Å². The number of benzene rings is 1. The molecule has 2 heterocycles. The Balaban J connectivity index is 2.10. The summed E-state index contributed by atoms with van der Waals surface area (Å²) in [5.74, 6) is 0. The fourth-order valence-electron chi connectivity index (χ4n) is 1.91. The van der Waals surface area contributed by atoms with Crippen molar-refractivity contribution < 1.29 is 0 Å². The summed E-state index contributed by atoms with van der Waals surface area (Å²) in [5, 5.41) is 5.11. The highest BCUT2D eigenvalue weighted by Crippen LogP contribution is 2.33. The number of nitrogens with two attached hydrogens (primary N) is 1. The Labute approximate surface area is 129 Å². The SMILES string of the molecule is Nc1cn(-c2ccncc2)nc1-c1ccc(Br)cc1Cl. The minimum atomic E-state index is 0.575. The number of nitrogen functional groups attached to an aromatic ring is 1. The van der Waals surface area contributed by atoms with Crippen LogP contribution in [0.1, 0.15) is 0 Å². The molecule has 0 radical (unpaired) electrons. The Morgan fingerprint density at radius 2 is 1.90 bits per heavy atom. The summed E-state index contributed by atoms with van der Waals surface area (Å²) in [6, 6.07) is 9.34. The second-order valence-electron chi connectivity index (χ2n) is 4.21. The van der Waals surface area contributed by atoms with Gasteiger partial charge in [0.05, 0.1) is 22.6 Å². The van der Waals surface area contributed by atoms with Crippen LogP contribution in [0.4, 0.5) is 5.69 Å². The average Bonchev–Trinajstić information content (AvgIpc) is 2.82. The van der Waals surface area contributed by atoms with Gasteiger partial charge < -0.3 is 5.73 Å². The summed E-state index contributed by atoms with van der Waals surface area (Å²) in [7, 11) is 0. The molecular formula is C14H10BrClN4. The molecule has 0 unspecified atom stereocenters. The van der Waals surface area contributed by atoms with Crippen LogP contribution in [-0.4, -0.2) is 14.8 Å². The molecule has 3 rings (SSSR count). The molecule has 2 aromatic heterocycles. The summed E-state index contributed by atoms with van der Waals surface area (Å²) in [4.78, 5) is 3.98. The first-order valence-corrected chi connectivity index (χ1v) is 7.03. The molecule has 0 saturated carbocycles. The van der Waals surface area contributed by atoms with E-state index < -0.39 is 0 Å². The Kier molecular flexibility index (Phi) is 3.46. The summed E-state index contributed by atoms with van der Waals surface area (Å²) >= 11 is 9.63. The lowest BCUT2D eigenvalue weighted by molar-refractivity contribution is 0.881. The molecule has 6 heteroatoms. The number of rotatable bonds is 2. The average molecular weight is 350 g/mol. The van der Waals surface area contributed by atoms with Gasteiger partial charge in [-0.3, -0.25) is 4.98 Å². The molecule has 0 amide bonds. The van der Waals surface area contributed by atoms with Gasteiger partial charge in [-0.15, -0.1) is 0 Å². The predicted molar refractivity (Wildman–Crippen MR) is 83.9 cm³/mol. The Hall–Kier alpha value is -1.85. The largest absolute Gasteiger partial charge is 0.396 e. The third-order valence-corrected chi connectivity index (χ3v) is 3.66. The summed E-state index contributed by atoms with van der Waals surface area (Å²) in [6.45, 7) is 0. The Morgan fingerprint density at radius 1 is 1.15 bits per heavy atom. The van der Waals surface area contributed by atoms with Crippen molar-refractivity contribution in [3.63, 3.8) is 0 Å². The number of hydrogen-bond acceptors (Lipinski definition) is 3. The maximum absolute atomic E-state index is 6.25. The van der Waals surface area contributed by atoms with Gasteiger partial charge in [0.15, 0.2) is 0 Å². The third-order valence-electron chi connectivity index (χ3n) is 2.86. The zero-order valence-corrected chi connectivity index (χ0v) is 12.6. The van der Waals surface area contributed by atoms with Gasteiger partial charge in [0.1, 0.15) is 5.69 Å². The first-order valence-electron chi connectivity index (χ1n) is 5.86. The quantitative estimate of drug-likeness (QED) is 0.762. The molecule has 2 N–H and O–H groups in total. The van der Waals surface area contributed by atoms with Crippen LogP contribution in [0.15, 0.2) is 53.4 Å². The van der Waals surface area contributed by atoms with Crippen LogP contribution in [-0.2, 0) is 0 Å². The normalized spacial score (nSPS) is 10.7. The van der Waals surface area contributed by atoms with Crippen LogP contribution < -0.4 is 5.73 Å². The molecule has 0 aliphatic heterocycles. The molecule has 0 aliphatic rings. The van der Waals surface area contributed by atoms with Crippen LogP contribution in [0.3, 0.4) is 0 Å². The van der Waals surface area contributed by atoms with Crippen LogP contribution >= 0.6 is 27.5 Å². The number of pyridine rings is 1. The second-order valence-corrected chi connectivity index (χ2v) is 5.53. The second kappa shape index (κ2) is 5.26. The van der Waals surface area contributed by atoms with E-state index in [-0.39, 0.29) is 0 Å². The van der Waals surface area contributed by atoms with E-state index in [0.717, 1.165) is 15.7 Å². The predicted octanol–water partition coefficient (Wildman–Crippen LogP) is 3.93. The first-order chi connectivity index (χ1) is 9.65. The smallest absolute Gasteiger partial charge is 0.117 e. The summed E-state index contributed by atoms with van der Waals surface area (Å²) in [5.41, 5.74) is 8.99. The van der Waals surface area contributed by atoms with E-state index in [1.54, 1.807) is 23.3 Å². The van der Waals surface area contributed by atoms with Gasteiger partial charge in [-0.1, -0.05) is 33.6 Å². The van der Waals surface area contributed by atoms with Crippen molar-refractivity contribution in [1.82, 2.24) is 14.8 Å². The summed E-state index contributed by atoms with van der Waals surface area (Å²) < 4.78 is 2.63. The third kappa shape index (κ3) is 2.42. The van der Waals surface area contributed by atoms with E-state index in [1.165, 1.54) is 0 Å². The molecule has 4 nitrogen and oxygen atoms in total. The molecule has 100 valence electrons. The Morgan fingerprint density at radius 3 is 2.60 bits per heavy atom. The van der Waals surface area contributed by atoms with E-state index in [1.807, 2.05) is 30.3 Å². The standard InChI is InChI=1S/C14H10BrClN4/c15-9-1-2-11(12(16)7-9)14-13(17)8-20(19-14)10-3-5-18-6-4-10/h1-8H,17H2. The highest BCUT2D eigenvalue weighted by atomic mass is 79.9. The number of aromatic nitrogens is 3. The zero-order valence-electron chi connectivity index (χ0n) is 10.3. The number of nitrogens with zero attached hydrogens (tertiary/aromatic N) is 3. The highest BCUT2D eigenvalue weighted by Gasteiger charge is 2.13. The molecule has 20 heavy (non-hydrogen) atoms. The van der Waals surface area contributed by atoms with E-state index in [2.05, 4.69) is 26.0 Å². The topological polar surface area (TPSA) is 56.7 Å². The van der Waals surface area contributed by atoms with Gasteiger partial charge in [-0.05, 0) is 24.3 Å². The Bertz CT molecular complexity index is 755. The van der Waals surface area contributed by atoms with Gasteiger partial charge in [0.2, 0.25) is 0 Å². The number of hydrogen-bond donors (Lipinski definition) is 1. The fourth-order valence-corrected chi connectivity index (χ4v) is 2.67. The van der Waals surface area contributed by atoms with E-state index in [4.69, 9.17) is 17.3 Å². The van der Waals surface area contributed by atoms with E-state index >= 15 is 0 Å². The van der Waals surface area contributed by atoms with Gasteiger partial charge >= 0.3 is 0 Å². The number of halogens is 2. The fraction of sp³-hybridized carbons (Fsp3) is 0. The molecule has 0 aliphatic carbocycles. The van der Waals surface area contributed by atoms with Crippen LogP contribution in [0.5, 0.6) is 0 Å². The lowest BCUT2D eigenvalue weighted by Crippen LogP contribution is -1.94. The first kappa shape index (κ1) is 13.1. The minimum Gasteiger partial charge on any atom is -0.396 e. The molecular weight excluding hydrogens is 340 g/mol. The van der Waals surface area contributed by atoms with Crippen molar-refractivity contribution in [1.29, 1.82) is 0 Å². The van der Waals surface area contributed by atoms with Crippen molar-refractivity contribution >= 4 is 33.2 Å². The van der Waals surface area contributed by atoms with Gasteiger partial charge in [0.25, 0.3) is 0 Å². The van der Waals surface area contributed by atoms with Crippen molar-refractivity contribution in [2.24, 2.45) is 0 Å². The number of anilines is 1. The van der Waals surface area contributed by atoms with E-state index in [0.29, 0.717) is 16.4 Å². The van der Waals surface area contributed by atoms with Gasteiger partial charge in [-0.2, -0.15) is 5.10 Å². The highest BCUT2D eigenvalue weighted by molar-refractivity contribution is 9.10. The molecule has 3 aromatic rings. The molecule has 0 fully saturated rings. The van der Waals surface area contributed by atoms with E-state index in [9.17, 15) is 0 Å². The summed E-state index contributed by atoms with van der Waals surface area (Å²) in [6.07, 6.45) is 5.18. The molecule has 0 atom stereocenters. The van der Waals surface area contributed by atoms with Crippen LogP contribution in [0, 0.1) is 0 Å². The van der Waals surface area contributed by atoms with Gasteiger partial charge in [-0.25, -0.2) is 4.68 Å². The maximum atomic E-state index is 6.25. The molecule has 0 saturated heterocycles. The molecule has 1 aromatic carbocycles. The van der Waals surface area contributed by atoms with Crippen molar-refractivity contribution in [3.05, 3.63) is 58.4 Å². The van der Waals surface area contributed by atoms with Crippen LogP contribution in [0.25, 0.3) is 16.9 Å².